The summed E-state index contributed by atoms with van der Waals surface area (Å²) in [5.41, 5.74) is 3.65. The van der Waals surface area contributed by atoms with Gasteiger partial charge in [-0.05, 0) is 46.1 Å². The maximum Gasteiger partial charge on any atom is 0.133 e. The van der Waals surface area contributed by atoms with E-state index in [2.05, 4.69) is 53.2 Å². The minimum absolute atomic E-state index is 0.860. The first-order valence-corrected chi connectivity index (χ1v) is 5.90. The zero-order valence-electron chi connectivity index (χ0n) is 9.33. The Morgan fingerprint density at radius 3 is 2.44 bits per heavy atom. The van der Waals surface area contributed by atoms with Gasteiger partial charge in [0.2, 0.25) is 0 Å². The van der Waals surface area contributed by atoms with Crippen LogP contribution in [0.5, 0.6) is 5.75 Å². The summed E-state index contributed by atoms with van der Waals surface area (Å²) in [5, 5.41) is 0. The van der Waals surface area contributed by atoms with Gasteiger partial charge in [-0.2, -0.15) is 0 Å². The fourth-order valence-electron chi connectivity index (χ4n) is 1.66. The van der Waals surface area contributed by atoms with E-state index in [1.807, 2.05) is 12.1 Å². The number of halogens is 1. The van der Waals surface area contributed by atoms with Crippen molar-refractivity contribution >= 4 is 15.9 Å². The number of ether oxygens (including phenoxy) is 1. The van der Waals surface area contributed by atoms with E-state index in [1.165, 1.54) is 16.7 Å². The summed E-state index contributed by atoms with van der Waals surface area (Å²) in [6.07, 6.45) is 0. The molecule has 0 radical (unpaired) electrons. The Labute approximate surface area is 104 Å². The van der Waals surface area contributed by atoms with Crippen molar-refractivity contribution in [1.29, 1.82) is 0 Å². The predicted octanol–water partition coefficient (Wildman–Crippen LogP) is 4.43. The van der Waals surface area contributed by atoms with Crippen molar-refractivity contribution in [3.05, 3.63) is 52.5 Å². The van der Waals surface area contributed by atoms with E-state index in [9.17, 15) is 0 Å². The van der Waals surface area contributed by atoms with Gasteiger partial charge in [0.05, 0.1) is 11.6 Å². The third-order valence-electron chi connectivity index (χ3n) is 2.50. The Hall–Kier alpha value is -1.28. The molecule has 0 bridgehead atoms. The predicted molar refractivity (Wildman–Crippen MR) is 70.9 cm³/mol. The Bertz CT molecular complexity index is 506. The third-order valence-corrected chi connectivity index (χ3v) is 3.16. The normalized spacial score (nSPS) is 10.2. The minimum Gasteiger partial charge on any atom is -0.496 e. The molecular weight excluding hydrogens is 264 g/mol. The molecule has 16 heavy (non-hydrogen) atoms. The average Bonchev–Trinajstić information content (AvgIpc) is 2.29. The molecule has 82 valence electrons. The molecule has 2 aromatic carbocycles. The van der Waals surface area contributed by atoms with Crippen LogP contribution in [0.3, 0.4) is 0 Å². The molecule has 0 unspecified atom stereocenters. The molecule has 0 aliphatic rings. The van der Waals surface area contributed by atoms with Crippen molar-refractivity contribution < 1.29 is 4.74 Å². The molecule has 2 rings (SSSR count). The number of hydrogen-bond donors (Lipinski definition) is 0. The Kier molecular flexibility index (Phi) is 3.30. The van der Waals surface area contributed by atoms with E-state index < -0.39 is 0 Å². The van der Waals surface area contributed by atoms with Crippen molar-refractivity contribution in [2.75, 3.05) is 7.11 Å². The lowest BCUT2D eigenvalue weighted by molar-refractivity contribution is 0.412. The molecule has 0 spiro atoms. The lowest BCUT2D eigenvalue weighted by atomic mass is 10.0. The first kappa shape index (κ1) is 11.2. The fourth-order valence-corrected chi connectivity index (χ4v) is 2.07. The molecule has 0 amide bonds. The fraction of sp³-hybridized carbons (Fsp3) is 0.143. The van der Waals surface area contributed by atoms with E-state index in [0.29, 0.717) is 0 Å². The van der Waals surface area contributed by atoms with Crippen LogP contribution in [0.1, 0.15) is 5.56 Å². The van der Waals surface area contributed by atoms with Crippen molar-refractivity contribution in [2.45, 2.75) is 6.92 Å². The Morgan fingerprint density at radius 2 is 1.75 bits per heavy atom. The van der Waals surface area contributed by atoms with Crippen molar-refractivity contribution in [1.82, 2.24) is 0 Å². The van der Waals surface area contributed by atoms with E-state index in [0.717, 1.165) is 10.2 Å². The van der Waals surface area contributed by atoms with Crippen LogP contribution in [0.2, 0.25) is 0 Å². The van der Waals surface area contributed by atoms with Crippen LogP contribution in [0, 0.1) is 6.92 Å². The summed E-state index contributed by atoms with van der Waals surface area (Å²) >= 11 is 3.45. The zero-order valence-corrected chi connectivity index (χ0v) is 10.9. The molecule has 2 heteroatoms. The molecule has 0 saturated heterocycles. The third kappa shape index (κ3) is 2.27. The standard InChI is InChI=1S/C14H13BrO/c1-10-4-3-5-11(8-10)12-6-7-13(15)14(9-12)16-2/h3-9H,1-2H3. The number of benzene rings is 2. The van der Waals surface area contributed by atoms with Gasteiger partial charge in [0.15, 0.2) is 0 Å². The molecule has 0 aliphatic carbocycles. The largest absolute Gasteiger partial charge is 0.496 e. The monoisotopic (exact) mass is 276 g/mol. The van der Waals surface area contributed by atoms with Gasteiger partial charge in [0, 0.05) is 0 Å². The van der Waals surface area contributed by atoms with Gasteiger partial charge in [0.25, 0.3) is 0 Å². The van der Waals surface area contributed by atoms with Gasteiger partial charge < -0.3 is 4.74 Å². The lowest BCUT2D eigenvalue weighted by Gasteiger charge is -2.07. The van der Waals surface area contributed by atoms with E-state index in [4.69, 9.17) is 4.74 Å². The van der Waals surface area contributed by atoms with E-state index in [1.54, 1.807) is 7.11 Å². The summed E-state index contributed by atoms with van der Waals surface area (Å²) < 4.78 is 6.27. The van der Waals surface area contributed by atoms with Crippen LogP contribution >= 0.6 is 15.9 Å². The summed E-state index contributed by atoms with van der Waals surface area (Å²) in [5.74, 6) is 0.860. The minimum atomic E-state index is 0.860. The van der Waals surface area contributed by atoms with Crippen molar-refractivity contribution in [2.24, 2.45) is 0 Å². The number of rotatable bonds is 2. The number of hydrogen-bond acceptors (Lipinski definition) is 1. The Morgan fingerprint density at radius 1 is 1.00 bits per heavy atom. The van der Waals surface area contributed by atoms with Gasteiger partial charge in [-0.25, -0.2) is 0 Å². The molecule has 0 aliphatic heterocycles. The molecule has 2 aromatic rings. The van der Waals surface area contributed by atoms with Gasteiger partial charge in [-0.3, -0.25) is 0 Å². The van der Waals surface area contributed by atoms with Crippen LogP contribution in [0.4, 0.5) is 0 Å². The highest BCUT2D eigenvalue weighted by Gasteiger charge is 2.03. The summed E-state index contributed by atoms with van der Waals surface area (Å²) in [6.45, 7) is 2.10. The average molecular weight is 277 g/mol. The summed E-state index contributed by atoms with van der Waals surface area (Å²) in [4.78, 5) is 0. The van der Waals surface area contributed by atoms with E-state index in [-0.39, 0.29) is 0 Å². The highest BCUT2D eigenvalue weighted by Crippen LogP contribution is 2.30. The molecular formula is C14H13BrO. The van der Waals surface area contributed by atoms with Crippen LogP contribution in [-0.2, 0) is 0 Å². The van der Waals surface area contributed by atoms with Crippen molar-refractivity contribution in [3.63, 3.8) is 0 Å². The smallest absolute Gasteiger partial charge is 0.133 e. The molecule has 0 heterocycles. The first-order valence-electron chi connectivity index (χ1n) is 5.11. The highest BCUT2D eigenvalue weighted by molar-refractivity contribution is 9.10. The molecule has 0 N–H and O–H groups in total. The zero-order chi connectivity index (χ0) is 11.5. The second-order valence-corrected chi connectivity index (χ2v) is 4.57. The molecule has 1 nitrogen and oxygen atoms in total. The van der Waals surface area contributed by atoms with Gasteiger partial charge in [-0.1, -0.05) is 35.9 Å². The van der Waals surface area contributed by atoms with Gasteiger partial charge >= 0.3 is 0 Å². The van der Waals surface area contributed by atoms with Crippen LogP contribution in [0.15, 0.2) is 46.9 Å². The maximum absolute atomic E-state index is 5.29. The quantitative estimate of drug-likeness (QED) is 0.788. The van der Waals surface area contributed by atoms with Gasteiger partial charge in [-0.15, -0.1) is 0 Å². The Balaban J connectivity index is 2.48. The molecule has 0 aromatic heterocycles. The summed E-state index contributed by atoms with van der Waals surface area (Å²) in [6, 6.07) is 14.6. The topological polar surface area (TPSA) is 9.23 Å². The highest BCUT2D eigenvalue weighted by atomic mass is 79.9. The van der Waals surface area contributed by atoms with Crippen LogP contribution in [-0.4, -0.2) is 7.11 Å². The number of aryl methyl sites for hydroxylation is 1. The molecule has 0 fully saturated rings. The first-order chi connectivity index (χ1) is 7.70. The SMILES string of the molecule is COc1cc(-c2cccc(C)c2)ccc1Br. The second kappa shape index (κ2) is 4.71. The van der Waals surface area contributed by atoms with Gasteiger partial charge in [0.1, 0.15) is 5.75 Å². The lowest BCUT2D eigenvalue weighted by Crippen LogP contribution is -1.86. The maximum atomic E-state index is 5.29. The van der Waals surface area contributed by atoms with Crippen molar-refractivity contribution in [3.8, 4) is 16.9 Å². The molecule has 0 atom stereocenters. The molecule has 0 saturated carbocycles. The van der Waals surface area contributed by atoms with Crippen LogP contribution < -0.4 is 4.74 Å². The number of methoxy groups -OCH3 is 1. The van der Waals surface area contributed by atoms with Crippen LogP contribution in [0.25, 0.3) is 11.1 Å². The second-order valence-electron chi connectivity index (χ2n) is 3.72. The summed E-state index contributed by atoms with van der Waals surface area (Å²) in [7, 11) is 1.68. The van der Waals surface area contributed by atoms with E-state index >= 15 is 0 Å².